The number of hydrogen-bond donors (Lipinski definition) is 0. The third-order valence-electron chi connectivity index (χ3n) is 1.69. The highest BCUT2D eigenvalue weighted by atomic mass is 16.6. The van der Waals surface area contributed by atoms with Crippen molar-refractivity contribution in [3.05, 3.63) is 27.9 Å². The number of ether oxygens (including phenoxy) is 2. The van der Waals surface area contributed by atoms with Gasteiger partial charge in [0.15, 0.2) is 0 Å². The molecule has 0 aliphatic rings. The molecule has 1 aromatic heterocycles. The first-order chi connectivity index (χ1) is 7.15. The van der Waals surface area contributed by atoms with Gasteiger partial charge in [0.05, 0.1) is 11.5 Å². The van der Waals surface area contributed by atoms with Crippen LogP contribution in [0.5, 0.6) is 5.88 Å². The monoisotopic (exact) mass is 212 g/mol. The standard InChI is InChI=1S/C9H12N2O4/c1-7-5-8(11(12)13)9(10-6-7)15-4-3-14-2/h5-6H,3-4H2,1-2H3. The smallest absolute Gasteiger partial charge is 0.331 e. The van der Waals surface area contributed by atoms with Crippen molar-refractivity contribution in [1.29, 1.82) is 0 Å². The Kier molecular flexibility index (Phi) is 3.99. The Morgan fingerprint density at radius 1 is 1.53 bits per heavy atom. The Morgan fingerprint density at radius 2 is 2.27 bits per heavy atom. The highest BCUT2D eigenvalue weighted by Crippen LogP contribution is 2.24. The average molecular weight is 212 g/mol. The second-order valence-corrected chi connectivity index (χ2v) is 2.94. The van der Waals surface area contributed by atoms with Crippen LogP contribution in [0.3, 0.4) is 0 Å². The topological polar surface area (TPSA) is 74.5 Å². The van der Waals surface area contributed by atoms with Gasteiger partial charge in [0.2, 0.25) is 0 Å². The lowest BCUT2D eigenvalue weighted by molar-refractivity contribution is -0.386. The van der Waals surface area contributed by atoms with Gasteiger partial charge in [-0.25, -0.2) is 4.98 Å². The minimum Gasteiger partial charge on any atom is -0.470 e. The Labute approximate surface area is 87.0 Å². The fraction of sp³-hybridized carbons (Fsp3) is 0.444. The predicted octanol–water partition coefficient (Wildman–Crippen LogP) is 1.32. The maximum absolute atomic E-state index is 10.7. The summed E-state index contributed by atoms with van der Waals surface area (Å²) in [5.74, 6) is 0.0302. The van der Waals surface area contributed by atoms with Gasteiger partial charge in [0.1, 0.15) is 6.61 Å². The minimum absolute atomic E-state index is 0.0302. The Bertz CT molecular complexity index is 354. The van der Waals surface area contributed by atoms with Crippen molar-refractivity contribution in [3.8, 4) is 5.88 Å². The normalized spacial score (nSPS) is 10.0. The lowest BCUT2D eigenvalue weighted by Crippen LogP contribution is -2.07. The van der Waals surface area contributed by atoms with Crippen LogP contribution >= 0.6 is 0 Å². The molecule has 0 N–H and O–H groups in total. The summed E-state index contributed by atoms with van der Waals surface area (Å²) in [6.07, 6.45) is 1.52. The second kappa shape index (κ2) is 5.26. The molecule has 0 aliphatic heterocycles. The molecular weight excluding hydrogens is 200 g/mol. The Balaban J connectivity index is 2.81. The summed E-state index contributed by atoms with van der Waals surface area (Å²) in [6, 6.07) is 1.43. The molecule has 0 unspecified atom stereocenters. The summed E-state index contributed by atoms with van der Waals surface area (Å²) < 4.78 is 9.88. The van der Waals surface area contributed by atoms with Gasteiger partial charge in [-0.15, -0.1) is 0 Å². The fourth-order valence-electron chi connectivity index (χ4n) is 1.00. The fourth-order valence-corrected chi connectivity index (χ4v) is 1.00. The van der Waals surface area contributed by atoms with Crippen LogP contribution in [0.1, 0.15) is 5.56 Å². The number of nitro groups is 1. The molecule has 0 bridgehead atoms. The highest BCUT2D eigenvalue weighted by Gasteiger charge is 2.16. The van der Waals surface area contributed by atoms with Gasteiger partial charge in [-0.2, -0.15) is 0 Å². The molecule has 6 nitrogen and oxygen atoms in total. The summed E-state index contributed by atoms with van der Waals surface area (Å²) in [7, 11) is 1.53. The van der Waals surface area contributed by atoms with Crippen molar-refractivity contribution in [2.75, 3.05) is 20.3 Å². The number of rotatable bonds is 5. The number of methoxy groups -OCH3 is 1. The molecule has 0 atom stereocenters. The van der Waals surface area contributed by atoms with Crippen LogP contribution < -0.4 is 4.74 Å². The zero-order chi connectivity index (χ0) is 11.3. The van der Waals surface area contributed by atoms with Gasteiger partial charge in [-0.05, 0) is 12.5 Å². The summed E-state index contributed by atoms with van der Waals surface area (Å²) in [5.41, 5.74) is 0.604. The van der Waals surface area contributed by atoms with Crippen molar-refractivity contribution in [2.24, 2.45) is 0 Å². The van der Waals surface area contributed by atoms with E-state index in [9.17, 15) is 10.1 Å². The first kappa shape index (κ1) is 11.4. The van der Waals surface area contributed by atoms with Gasteiger partial charge in [-0.1, -0.05) is 0 Å². The zero-order valence-electron chi connectivity index (χ0n) is 8.60. The van der Waals surface area contributed by atoms with E-state index in [2.05, 4.69) is 4.98 Å². The molecule has 1 rings (SSSR count). The van der Waals surface area contributed by atoms with E-state index >= 15 is 0 Å². The summed E-state index contributed by atoms with van der Waals surface area (Å²) in [4.78, 5) is 14.0. The Hall–Kier alpha value is -1.69. The molecule has 15 heavy (non-hydrogen) atoms. The molecule has 0 fully saturated rings. The first-order valence-electron chi connectivity index (χ1n) is 4.38. The van der Waals surface area contributed by atoms with E-state index in [0.717, 1.165) is 5.56 Å². The molecule has 0 spiro atoms. The first-order valence-corrected chi connectivity index (χ1v) is 4.38. The van der Waals surface area contributed by atoms with E-state index < -0.39 is 4.92 Å². The maximum atomic E-state index is 10.7. The quantitative estimate of drug-likeness (QED) is 0.418. The van der Waals surface area contributed by atoms with Crippen LogP contribution in [-0.2, 0) is 4.74 Å². The molecule has 82 valence electrons. The van der Waals surface area contributed by atoms with Crippen LogP contribution in [0.25, 0.3) is 0 Å². The molecule has 0 aliphatic carbocycles. The van der Waals surface area contributed by atoms with E-state index in [1.54, 1.807) is 6.92 Å². The maximum Gasteiger partial charge on any atom is 0.331 e. The Morgan fingerprint density at radius 3 is 2.87 bits per heavy atom. The van der Waals surface area contributed by atoms with E-state index in [-0.39, 0.29) is 18.2 Å². The van der Waals surface area contributed by atoms with E-state index in [0.29, 0.717) is 6.61 Å². The zero-order valence-corrected chi connectivity index (χ0v) is 8.60. The molecule has 0 aromatic carbocycles. The molecule has 0 saturated heterocycles. The molecule has 0 radical (unpaired) electrons. The summed E-state index contributed by atoms with van der Waals surface area (Å²) >= 11 is 0. The molecule has 1 aromatic rings. The number of nitrogens with zero attached hydrogens (tertiary/aromatic N) is 2. The number of aromatic nitrogens is 1. The third-order valence-corrected chi connectivity index (χ3v) is 1.69. The van der Waals surface area contributed by atoms with Gasteiger partial charge in [0.25, 0.3) is 5.88 Å². The van der Waals surface area contributed by atoms with Crippen molar-refractivity contribution in [2.45, 2.75) is 6.92 Å². The van der Waals surface area contributed by atoms with E-state index in [1.807, 2.05) is 0 Å². The van der Waals surface area contributed by atoms with Crippen LogP contribution in [0, 0.1) is 17.0 Å². The molecule has 6 heteroatoms. The van der Waals surface area contributed by atoms with Gasteiger partial charge >= 0.3 is 5.69 Å². The van der Waals surface area contributed by atoms with Crippen LogP contribution in [0.4, 0.5) is 5.69 Å². The largest absolute Gasteiger partial charge is 0.470 e. The second-order valence-electron chi connectivity index (χ2n) is 2.94. The summed E-state index contributed by atoms with van der Waals surface area (Å²) in [5, 5.41) is 10.7. The van der Waals surface area contributed by atoms with Gasteiger partial charge in [0, 0.05) is 19.4 Å². The number of pyridine rings is 1. The van der Waals surface area contributed by atoms with Gasteiger partial charge < -0.3 is 9.47 Å². The highest BCUT2D eigenvalue weighted by molar-refractivity contribution is 5.42. The molecule has 0 saturated carbocycles. The number of hydrogen-bond acceptors (Lipinski definition) is 5. The number of aryl methyl sites for hydroxylation is 1. The summed E-state index contributed by atoms with van der Waals surface area (Å²) in [6.45, 7) is 2.35. The SMILES string of the molecule is COCCOc1ncc(C)cc1[N+](=O)[O-]. The molecule has 1 heterocycles. The minimum atomic E-state index is -0.512. The van der Waals surface area contributed by atoms with Crippen LogP contribution in [0.2, 0.25) is 0 Å². The van der Waals surface area contributed by atoms with Gasteiger partial charge in [-0.3, -0.25) is 10.1 Å². The lowest BCUT2D eigenvalue weighted by atomic mass is 10.3. The van der Waals surface area contributed by atoms with Crippen LogP contribution in [-0.4, -0.2) is 30.2 Å². The average Bonchev–Trinajstić information content (AvgIpc) is 2.20. The predicted molar refractivity (Wildman–Crippen MR) is 53.0 cm³/mol. The van der Waals surface area contributed by atoms with Crippen LogP contribution in [0.15, 0.2) is 12.3 Å². The van der Waals surface area contributed by atoms with E-state index in [4.69, 9.17) is 9.47 Å². The van der Waals surface area contributed by atoms with E-state index in [1.165, 1.54) is 19.4 Å². The molecule has 0 amide bonds. The van der Waals surface area contributed by atoms with Crippen molar-refractivity contribution in [3.63, 3.8) is 0 Å². The van der Waals surface area contributed by atoms with Crippen molar-refractivity contribution >= 4 is 5.69 Å². The lowest BCUT2D eigenvalue weighted by Gasteiger charge is -2.04. The molecular formula is C9H12N2O4. The van der Waals surface area contributed by atoms with Crippen molar-refractivity contribution in [1.82, 2.24) is 4.98 Å². The third kappa shape index (κ3) is 3.17. The van der Waals surface area contributed by atoms with Crippen molar-refractivity contribution < 1.29 is 14.4 Å².